The minimum Gasteiger partial charge on any atom is -0.456 e. The molecule has 1 aromatic heterocycles. The number of carbonyl (C=O) groups excluding carboxylic acids is 4. The number of benzene rings is 1. The first-order valence-electron chi connectivity index (χ1n) is 9.39. The van der Waals surface area contributed by atoms with Crippen LogP contribution in [0.5, 0.6) is 0 Å². The van der Waals surface area contributed by atoms with Gasteiger partial charge in [-0.05, 0) is 42.7 Å². The van der Waals surface area contributed by atoms with Crippen molar-refractivity contribution in [2.75, 3.05) is 18.6 Å². The van der Waals surface area contributed by atoms with Crippen molar-refractivity contribution in [3.8, 4) is 0 Å². The summed E-state index contributed by atoms with van der Waals surface area (Å²) < 4.78 is 5.18. The highest BCUT2D eigenvalue weighted by atomic mass is 35.5. The van der Waals surface area contributed by atoms with E-state index in [-0.39, 0.29) is 22.3 Å². The van der Waals surface area contributed by atoms with Crippen molar-refractivity contribution < 1.29 is 23.9 Å². The summed E-state index contributed by atoms with van der Waals surface area (Å²) in [4.78, 5) is 49.6. The molecule has 0 spiro atoms. The van der Waals surface area contributed by atoms with Crippen LogP contribution < -0.4 is 10.6 Å². The summed E-state index contributed by atoms with van der Waals surface area (Å²) in [5, 5.41) is 5.58. The van der Waals surface area contributed by atoms with Crippen molar-refractivity contribution in [2.45, 2.75) is 25.9 Å². The number of ketones is 1. The van der Waals surface area contributed by atoms with Gasteiger partial charge in [-0.25, -0.2) is 4.79 Å². The van der Waals surface area contributed by atoms with Gasteiger partial charge in [-0.15, -0.1) is 11.3 Å². The number of esters is 1. The highest BCUT2D eigenvalue weighted by Crippen LogP contribution is 2.18. The molecule has 1 atom stereocenters. The van der Waals surface area contributed by atoms with Crippen LogP contribution in [0.2, 0.25) is 5.02 Å². The Hall–Kier alpha value is -2.36. The van der Waals surface area contributed by atoms with Crippen molar-refractivity contribution >= 4 is 58.3 Å². The summed E-state index contributed by atoms with van der Waals surface area (Å²) >= 11 is 8.80. The SMILES string of the molecule is CSCCC(NC(=O)c1ccccc1Cl)C(=O)OCC(=O)c1ccc(CNC(C)=O)s1. The Morgan fingerprint density at radius 3 is 2.58 bits per heavy atom. The van der Waals surface area contributed by atoms with E-state index in [2.05, 4.69) is 10.6 Å². The largest absolute Gasteiger partial charge is 0.456 e. The Kier molecular flexibility index (Phi) is 10.0. The van der Waals surface area contributed by atoms with Crippen molar-refractivity contribution in [2.24, 2.45) is 0 Å². The fourth-order valence-electron chi connectivity index (χ4n) is 2.51. The van der Waals surface area contributed by atoms with Gasteiger partial charge in [-0.3, -0.25) is 14.4 Å². The van der Waals surface area contributed by atoms with E-state index in [4.69, 9.17) is 16.3 Å². The first kappa shape index (κ1) is 24.9. The van der Waals surface area contributed by atoms with E-state index in [0.29, 0.717) is 23.6 Å². The van der Waals surface area contributed by atoms with Gasteiger partial charge in [-0.2, -0.15) is 11.8 Å². The quantitative estimate of drug-likeness (QED) is 0.376. The van der Waals surface area contributed by atoms with E-state index < -0.39 is 24.5 Å². The zero-order chi connectivity index (χ0) is 22.8. The van der Waals surface area contributed by atoms with Crippen LogP contribution in [0.3, 0.4) is 0 Å². The van der Waals surface area contributed by atoms with Crippen LogP contribution in [0.25, 0.3) is 0 Å². The Bertz CT molecular complexity index is 947. The number of rotatable bonds is 11. The number of halogens is 1. The van der Waals surface area contributed by atoms with E-state index in [0.717, 1.165) is 4.88 Å². The molecular formula is C21H23ClN2O5S2. The fraction of sp³-hybridized carbons (Fsp3) is 0.333. The van der Waals surface area contributed by atoms with E-state index in [9.17, 15) is 19.2 Å². The zero-order valence-electron chi connectivity index (χ0n) is 17.1. The first-order chi connectivity index (χ1) is 14.8. The van der Waals surface area contributed by atoms with E-state index in [1.165, 1.54) is 30.0 Å². The number of hydrogen-bond acceptors (Lipinski definition) is 7. The molecule has 0 radical (unpaired) electrons. The maximum absolute atomic E-state index is 12.5. The number of thiophene rings is 1. The third-order valence-electron chi connectivity index (χ3n) is 4.11. The number of carbonyl (C=O) groups is 4. The Balaban J connectivity index is 1.95. The summed E-state index contributed by atoms with van der Waals surface area (Å²) in [6.45, 7) is 1.31. The summed E-state index contributed by atoms with van der Waals surface area (Å²) in [7, 11) is 0. The van der Waals surface area contributed by atoms with Gasteiger partial charge in [0, 0.05) is 11.8 Å². The molecule has 1 heterocycles. The summed E-state index contributed by atoms with van der Waals surface area (Å²) in [5.41, 5.74) is 0.257. The molecule has 0 aliphatic heterocycles. The molecule has 0 aliphatic carbocycles. The van der Waals surface area contributed by atoms with E-state index in [1.54, 1.807) is 36.4 Å². The maximum Gasteiger partial charge on any atom is 0.329 e. The second kappa shape index (κ2) is 12.5. The molecule has 0 fully saturated rings. The van der Waals surface area contributed by atoms with Crippen LogP contribution in [0.1, 0.15) is 38.3 Å². The average molecular weight is 483 g/mol. The molecular weight excluding hydrogens is 460 g/mol. The molecule has 0 saturated heterocycles. The predicted molar refractivity (Wildman–Crippen MR) is 123 cm³/mol. The zero-order valence-corrected chi connectivity index (χ0v) is 19.5. The van der Waals surface area contributed by atoms with E-state index >= 15 is 0 Å². The van der Waals surface area contributed by atoms with Crippen LogP contribution in [-0.4, -0.2) is 48.2 Å². The third-order valence-corrected chi connectivity index (χ3v) is 6.21. The molecule has 31 heavy (non-hydrogen) atoms. The molecule has 0 saturated carbocycles. The van der Waals surface area contributed by atoms with Gasteiger partial charge in [0.25, 0.3) is 5.91 Å². The second-order valence-electron chi connectivity index (χ2n) is 6.49. The van der Waals surface area contributed by atoms with Gasteiger partial charge in [0.05, 0.1) is 22.0 Å². The summed E-state index contributed by atoms with van der Waals surface area (Å²) in [6.07, 6.45) is 2.24. The monoisotopic (exact) mass is 482 g/mol. The van der Waals surface area contributed by atoms with Gasteiger partial charge < -0.3 is 15.4 Å². The van der Waals surface area contributed by atoms with Crippen LogP contribution in [-0.2, 0) is 20.9 Å². The van der Waals surface area contributed by atoms with Gasteiger partial charge in [0.15, 0.2) is 6.61 Å². The lowest BCUT2D eigenvalue weighted by Gasteiger charge is -2.17. The minimum atomic E-state index is -0.900. The van der Waals surface area contributed by atoms with Gasteiger partial charge in [-0.1, -0.05) is 23.7 Å². The molecule has 1 aromatic carbocycles. The van der Waals surface area contributed by atoms with Crippen LogP contribution >= 0.6 is 34.7 Å². The predicted octanol–water partition coefficient (Wildman–Crippen LogP) is 3.32. The molecule has 0 aliphatic rings. The molecule has 2 amide bonds. The molecule has 2 N–H and O–H groups in total. The molecule has 0 bridgehead atoms. The van der Waals surface area contributed by atoms with Crippen LogP contribution in [0.4, 0.5) is 0 Å². The number of thioether (sulfide) groups is 1. The minimum absolute atomic E-state index is 0.162. The van der Waals surface area contributed by atoms with E-state index in [1.807, 2.05) is 6.26 Å². The lowest BCUT2D eigenvalue weighted by Crippen LogP contribution is -2.42. The molecule has 10 heteroatoms. The molecule has 7 nitrogen and oxygen atoms in total. The summed E-state index contributed by atoms with van der Waals surface area (Å²) in [6, 6.07) is 9.00. The number of ether oxygens (including phenoxy) is 1. The standard InChI is InChI=1S/C21H23ClN2O5S2/c1-13(25)23-11-14-7-8-19(31-14)18(26)12-29-21(28)17(9-10-30-2)24-20(27)15-5-3-4-6-16(15)22/h3-8,17H,9-12H2,1-2H3,(H,23,25)(H,24,27). The van der Waals surface area contributed by atoms with Gasteiger partial charge in [0.2, 0.25) is 11.7 Å². The Morgan fingerprint density at radius 1 is 1.16 bits per heavy atom. The molecule has 166 valence electrons. The Labute approximate surface area is 193 Å². The first-order valence-corrected chi connectivity index (χ1v) is 12.0. The lowest BCUT2D eigenvalue weighted by molar-refractivity contribution is -0.144. The molecule has 2 aromatic rings. The smallest absolute Gasteiger partial charge is 0.329 e. The number of amides is 2. The topological polar surface area (TPSA) is 102 Å². The summed E-state index contributed by atoms with van der Waals surface area (Å²) in [5.74, 6) is -1.06. The normalized spacial score (nSPS) is 11.5. The van der Waals surface area contributed by atoms with Gasteiger partial charge in [0.1, 0.15) is 6.04 Å². The average Bonchev–Trinajstić information content (AvgIpc) is 3.22. The van der Waals surface area contributed by atoms with Gasteiger partial charge >= 0.3 is 5.97 Å². The van der Waals surface area contributed by atoms with Crippen LogP contribution in [0.15, 0.2) is 36.4 Å². The third kappa shape index (κ3) is 8.01. The maximum atomic E-state index is 12.5. The van der Waals surface area contributed by atoms with Crippen LogP contribution in [0, 0.1) is 0 Å². The highest BCUT2D eigenvalue weighted by molar-refractivity contribution is 7.98. The fourth-order valence-corrected chi connectivity index (χ4v) is 4.07. The number of nitrogens with one attached hydrogen (secondary N) is 2. The van der Waals surface area contributed by atoms with Crippen molar-refractivity contribution in [1.29, 1.82) is 0 Å². The van der Waals surface area contributed by atoms with Crippen molar-refractivity contribution in [1.82, 2.24) is 10.6 Å². The lowest BCUT2D eigenvalue weighted by atomic mass is 10.1. The second-order valence-corrected chi connectivity index (χ2v) is 9.06. The number of Topliss-reactive ketones (excluding diaryl/α,β-unsaturated/α-hetero) is 1. The van der Waals surface area contributed by atoms with Crippen molar-refractivity contribution in [3.63, 3.8) is 0 Å². The highest BCUT2D eigenvalue weighted by Gasteiger charge is 2.24. The molecule has 2 rings (SSSR count). The Morgan fingerprint density at radius 2 is 1.90 bits per heavy atom. The van der Waals surface area contributed by atoms with Crippen molar-refractivity contribution in [3.05, 3.63) is 56.7 Å². The number of hydrogen-bond donors (Lipinski definition) is 2. The molecule has 1 unspecified atom stereocenters.